The number of benzene rings is 1. The number of carbonyl (C=O) groups is 1. The van der Waals surface area contributed by atoms with E-state index in [1.54, 1.807) is 12.4 Å². The molecular weight excluding hydrogens is 314 g/mol. The number of ether oxygens (including phenoxy) is 1. The molecule has 0 spiro atoms. The van der Waals surface area contributed by atoms with Gasteiger partial charge in [-0.1, -0.05) is 18.2 Å². The Bertz CT molecular complexity index is 884. The summed E-state index contributed by atoms with van der Waals surface area (Å²) in [6.45, 7) is 6.39. The molecule has 0 amide bonds. The molecule has 128 valence electrons. The Balaban J connectivity index is 1.91. The van der Waals surface area contributed by atoms with Crippen LogP contribution in [0.5, 0.6) is 5.75 Å². The van der Waals surface area contributed by atoms with Gasteiger partial charge in [0.15, 0.2) is 6.29 Å². The van der Waals surface area contributed by atoms with E-state index in [9.17, 15) is 4.79 Å². The average molecular weight is 335 g/mol. The number of hydrogen-bond donors (Lipinski definition) is 0. The lowest BCUT2D eigenvalue weighted by molar-refractivity contribution is 0.111. The van der Waals surface area contributed by atoms with Gasteiger partial charge in [-0.25, -0.2) is 0 Å². The van der Waals surface area contributed by atoms with E-state index in [0.717, 1.165) is 28.8 Å². The molecule has 0 aliphatic rings. The standard InChI is InChI=1S/C20H21N3O2/c1-14(2)23-18(9-11-22-23)20-16(7-5-10-21-20)13-25-19-8-4-6-15(3)17(19)12-24/h4-12,14H,13H2,1-3H3. The molecule has 2 heterocycles. The van der Waals surface area contributed by atoms with Crippen molar-refractivity contribution in [3.8, 4) is 17.1 Å². The molecule has 0 aliphatic carbocycles. The molecule has 0 saturated heterocycles. The van der Waals surface area contributed by atoms with Crippen LogP contribution in [0, 0.1) is 6.92 Å². The third kappa shape index (κ3) is 3.45. The van der Waals surface area contributed by atoms with Crippen LogP contribution in [0.4, 0.5) is 0 Å². The van der Waals surface area contributed by atoms with Crippen LogP contribution in [0.1, 0.15) is 41.4 Å². The van der Waals surface area contributed by atoms with Crippen LogP contribution in [0.2, 0.25) is 0 Å². The van der Waals surface area contributed by atoms with Gasteiger partial charge in [0.1, 0.15) is 12.4 Å². The Labute approximate surface area is 147 Å². The highest BCUT2D eigenvalue weighted by atomic mass is 16.5. The third-order valence-electron chi connectivity index (χ3n) is 4.08. The van der Waals surface area contributed by atoms with Crippen molar-refractivity contribution < 1.29 is 9.53 Å². The lowest BCUT2D eigenvalue weighted by Crippen LogP contribution is -2.08. The lowest BCUT2D eigenvalue weighted by atomic mass is 10.1. The predicted octanol–water partition coefficient (Wildman–Crippen LogP) is 4.23. The first-order valence-corrected chi connectivity index (χ1v) is 8.27. The summed E-state index contributed by atoms with van der Waals surface area (Å²) in [6, 6.07) is 11.6. The molecule has 5 nitrogen and oxygen atoms in total. The number of pyridine rings is 1. The van der Waals surface area contributed by atoms with Crippen molar-refractivity contribution in [3.63, 3.8) is 0 Å². The van der Waals surface area contributed by atoms with Crippen LogP contribution in [0.15, 0.2) is 48.8 Å². The van der Waals surface area contributed by atoms with Crippen molar-refractivity contribution in [3.05, 3.63) is 65.5 Å². The van der Waals surface area contributed by atoms with E-state index < -0.39 is 0 Å². The van der Waals surface area contributed by atoms with Crippen molar-refractivity contribution in [1.29, 1.82) is 0 Å². The van der Waals surface area contributed by atoms with Gasteiger partial charge in [0.05, 0.1) is 17.0 Å². The Kier molecular flexibility index (Phi) is 4.93. The molecule has 0 saturated carbocycles. The van der Waals surface area contributed by atoms with Crippen LogP contribution in [-0.2, 0) is 6.61 Å². The van der Waals surface area contributed by atoms with Gasteiger partial charge in [-0.3, -0.25) is 14.5 Å². The van der Waals surface area contributed by atoms with Crippen LogP contribution >= 0.6 is 0 Å². The van der Waals surface area contributed by atoms with Gasteiger partial charge in [0, 0.05) is 24.0 Å². The first-order chi connectivity index (χ1) is 12.1. The van der Waals surface area contributed by atoms with Crippen LogP contribution < -0.4 is 4.74 Å². The number of hydrogen-bond acceptors (Lipinski definition) is 4. The van der Waals surface area contributed by atoms with Crippen molar-refractivity contribution in [2.45, 2.75) is 33.4 Å². The highest BCUT2D eigenvalue weighted by Gasteiger charge is 2.14. The maximum atomic E-state index is 11.3. The zero-order valence-electron chi connectivity index (χ0n) is 14.6. The summed E-state index contributed by atoms with van der Waals surface area (Å²) in [7, 11) is 0. The second kappa shape index (κ2) is 7.30. The molecule has 3 aromatic rings. The van der Waals surface area contributed by atoms with E-state index in [-0.39, 0.29) is 6.04 Å². The van der Waals surface area contributed by atoms with E-state index in [2.05, 4.69) is 23.9 Å². The Morgan fingerprint density at radius 2 is 2.00 bits per heavy atom. The lowest BCUT2D eigenvalue weighted by Gasteiger charge is -2.15. The zero-order valence-corrected chi connectivity index (χ0v) is 14.6. The quantitative estimate of drug-likeness (QED) is 0.633. The number of rotatable bonds is 6. The van der Waals surface area contributed by atoms with E-state index in [1.807, 2.05) is 48.0 Å². The second-order valence-corrected chi connectivity index (χ2v) is 6.16. The molecule has 2 aromatic heterocycles. The topological polar surface area (TPSA) is 57.0 Å². The molecule has 1 aromatic carbocycles. The normalized spacial score (nSPS) is 10.9. The summed E-state index contributed by atoms with van der Waals surface area (Å²) in [5.41, 5.74) is 4.23. The Morgan fingerprint density at radius 1 is 1.16 bits per heavy atom. The summed E-state index contributed by atoms with van der Waals surface area (Å²) in [4.78, 5) is 15.9. The molecular formula is C20H21N3O2. The zero-order chi connectivity index (χ0) is 17.8. The Hall–Kier alpha value is -2.95. The maximum Gasteiger partial charge on any atom is 0.154 e. The van der Waals surface area contributed by atoms with Gasteiger partial charge >= 0.3 is 0 Å². The molecule has 25 heavy (non-hydrogen) atoms. The summed E-state index contributed by atoms with van der Waals surface area (Å²) in [5, 5.41) is 4.38. The minimum atomic E-state index is 0.235. The fraction of sp³-hybridized carbons (Fsp3) is 0.250. The molecule has 0 fully saturated rings. The first kappa shape index (κ1) is 16.9. The first-order valence-electron chi connectivity index (χ1n) is 8.27. The minimum Gasteiger partial charge on any atom is -0.488 e. The van der Waals surface area contributed by atoms with Crippen molar-refractivity contribution in [2.24, 2.45) is 0 Å². The SMILES string of the molecule is Cc1cccc(OCc2cccnc2-c2ccnn2C(C)C)c1C=O. The van der Waals surface area contributed by atoms with Gasteiger partial charge in [0.25, 0.3) is 0 Å². The molecule has 0 radical (unpaired) electrons. The summed E-state index contributed by atoms with van der Waals surface area (Å²) in [6.07, 6.45) is 4.38. The van der Waals surface area contributed by atoms with Gasteiger partial charge in [-0.05, 0) is 44.5 Å². The van der Waals surface area contributed by atoms with Gasteiger partial charge in [0.2, 0.25) is 0 Å². The monoisotopic (exact) mass is 335 g/mol. The van der Waals surface area contributed by atoms with E-state index >= 15 is 0 Å². The fourth-order valence-electron chi connectivity index (χ4n) is 2.79. The molecule has 3 rings (SSSR count). The number of nitrogens with zero attached hydrogens (tertiary/aromatic N) is 3. The Morgan fingerprint density at radius 3 is 2.76 bits per heavy atom. The molecule has 0 aliphatic heterocycles. The predicted molar refractivity (Wildman–Crippen MR) is 96.7 cm³/mol. The van der Waals surface area contributed by atoms with Crippen LogP contribution in [0.25, 0.3) is 11.4 Å². The number of aromatic nitrogens is 3. The van der Waals surface area contributed by atoms with Crippen molar-refractivity contribution >= 4 is 6.29 Å². The summed E-state index contributed by atoms with van der Waals surface area (Å²) < 4.78 is 7.87. The minimum absolute atomic E-state index is 0.235. The number of carbonyl (C=O) groups excluding carboxylic acids is 1. The molecule has 0 atom stereocenters. The van der Waals surface area contributed by atoms with Gasteiger partial charge in [-0.15, -0.1) is 0 Å². The maximum absolute atomic E-state index is 11.3. The average Bonchev–Trinajstić information content (AvgIpc) is 3.10. The van der Waals surface area contributed by atoms with E-state index in [0.29, 0.717) is 17.9 Å². The third-order valence-corrected chi connectivity index (χ3v) is 4.08. The van der Waals surface area contributed by atoms with E-state index in [4.69, 9.17) is 4.74 Å². The summed E-state index contributed by atoms with van der Waals surface area (Å²) in [5.74, 6) is 0.585. The van der Waals surface area contributed by atoms with Gasteiger partial charge in [-0.2, -0.15) is 5.10 Å². The van der Waals surface area contributed by atoms with E-state index in [1.165, 1.54) is 0 Å². The van der Waals surface area contributed by atoms with Crippen molar-refractivity contribution in [1.82, 2.24) is 14.8 Å². The molecule has 5 heteroatoms. The van der Waals surface area contributed by atoms with Crippen LogP contribution in [-0.4, -0.2) is 21.1 Å². The highest BCUT2D eigenvalue weighted by Crippen LogP contribution is 2.26. The molecule has 0 N–H and O–H groups in total. The van der Waals surface area contributed by atoms with Crippen LogP contribution in [0.3, 0.4) is 0 Å². The fourth-order valence-corrected chi connectivity index (χ4v) is 2.79. The summed E-state index contributed by atoms with van der Waals surface area (Å²) >= 11 is 0. The second-order valence-electron chi connectivity index (χ2n) is 6.16. The van der Waals surface area contributed by atoms with Crippen molar-refractivity contribution in [2.75, 3.05) is 0 Å². The number of aldehydes is 1. The largest absolute Gasteiger partial charge is 0.488 e. The van der Waals surface area contributed by atoms with Gasteiger partial charge < -0.3 is 4.74 Å². The smallest absolute Gasteiger partial charge is 0.154 e. The number of aryl methyl sites for hydroxylation is 1. The molecule has 0 unspecified atom stereocenters. The molecule has 0 bridgehead atoms. The highest BCUT2D eigenvalue weighted by molar-refractivity contribution is 5.81.